The van der Waals surface area contributed by atoms with Crippen molar-refractivity contribution in [1.29, 1.82) is 0 Å². The number of carboxylic acids is 1. The molecule has 0 atom stereocenters. The third-order valence-corrected chi connectivity index (χ3v) is 4.79. The first-order valence-corrected chi connectivity index (χ1v) is 9.38. The minimum absolute atomic E-state index is 0.0634. The topological polar surface area (TPSA) is 76.1 Å². The van der Waals surface area contributed by atoms with E-state index in [0.717, 1.165) is 18.9 Å². The minimum atomic E-state index is -1.06. The summed E-state index contributed by atoms with van der Waals surface area (Å²) in [5.41, 5.74) is 0.516. The SMILES string of the molecule is CCOc1cc(C(=O)N(C)CCC2CCCCC2)ccc1OCC(=O)O. The Kier molecular flexibility index (Phi) is 7.75. The lowest BCUT2D eigenvalue weighted by Crippen LogP contribution is -2.29. The van der Waals surface area contributed by atoms with E-state index in [-0.39, 0.29) is 5.91 Å². The van der Waals surface area contributed by atoms with Gasteiger partial charge in [-0.15, -0.1) is 0 Å². The van der Waals surface area contributed by atoms with Crippen molar-refractivity contribution in [2.75, 3.05) is 26.8 Å². The maximum Gasteiger partial charge on any atom is 0.341 e. The molecule has 6 nitrogen and oxygen atoms in total. The molecule has 26 heavy (non-hydrogen) atoms. The van der Waals surface area contributed by atoms with Crippen molar-refractivity contribution >= 4 is 11.9 Å². The molecular weight excluding hydrogens is 334 g/mol. The zero-order valence-electron chi connectivity index (χ0n) is 15.7. The number of ether oxygens (including phenoxy) is 2. The van der Waals surface area contributed by atoms with Gasteiger partial charge in [-0.05, 0) is 37.5 Å². The molecule has 2 rings (SSSR count). The van der Waals surface area contributed by atoms with E-state index in [1.807, 2.05) is 14.0 Å². The molecule has 0 saturated heterocycles. The third kappa shape index (κ3) is 5.93. The smallest absolute Gasteiger partial charge is 0.341 e. The molecule has 1 aromatic rings. The number of carbonyl (C=O) groups excluding carboxylic acids is 1. The summed E-state index contributed by atoms with van der Waals surface area (Å²) in [6, 6.07) is 4.87. The van der Waals surface area contributed by atoms with Crippen LogP contribution in [0.5, 0.6) is 11.5 Å². The molecule has 0 spiro atoms. The lowest BCUT2D eigenvalue weighted by Gasteiger charge is -2.25. The Morgan fingerprint density at radius 2 is 1.88 bits per heavy atom. The van der Waals surface area contributed by atoms with Crippen molar-refractivity contribution in [2.24, 2.45) is 5.92 Å². The highest BCUT2D eigenvalue weighted by Crippen LogP contribution is 2.29. The summed E-state index contributed by atoms with van der Waals surface area (Å²) in [6.07, 6.45) is 7.52. The number of carbonyl (C=O) groups is 2. The van der Waals surface area contributed by atoms with Gasteiger partial charge < -0.3 is 19.5 Å². The van der Waals surface area contributed by atoms with Gasteiger partial charge in [-0.1, -0.05) is 32.1 Å². The first-order valence-electron chi connectivity index (χ1n) is 9.38. The molecule has 6 heteroatoms. The van der Waals surface area contributed by atoms with Gasteiger partial charge in [0.2, 0.25) is 0 Å². The first kappa shape index (κ1) is 20.1. The molecule has 1 aliphatic carbocycles. The van der Waals surface area contributed by atoms with Crippen LogP contribution in [-0.4, -0.2) is 48.7 Å². The summed E-state index contributed by atoms with van der Waals surface area (Å²) < 4.78 is 10.7. The van der Waals surface area contributed by atoms with Crippen molar-refractivity contribution in [1.82, 2.24) is 4.90 Å². The summed E-state index contributed by atoms with van der Waals surface area (Å²) in [5.74, 6) is 0.322. The molecule has 0 aliphatic heterocycles. The lowest BCUT2D eigenvalue weighted by molar-refractivity contribution is -0.139. The Balaban J connectivity index is 1.99. The molecule has 1 fully saturated rings. The lowest BCUT2D eigenvalue weighted by atomic mass is 9.87. The highest BCUT2D eigenvalue weighted by atomic mass is 16.5. The molecule has 1 saturated carbocycles. The number of hydrogen-bond donors (Lipinski definition) is 1. The van der Waals surface area contributed by atoms with Gasteiger partial charge in [0, 0.05) is 19.2 Å². The molecule has 0 radical (unpaired) electrons. The Hall–Kier alpha value is -2.24. The molecule has 0 unspecified atom stereocenters. The number of amides is 1. The molecule has 144 valence electrons. The quantitative estimate of drug-likeness (QED) is 0.725. The Labute approximate surface area is 155 Å². The maximum atomic E-state index is 12.7. The largest absolute Gasteiger partial charge is 0.490 e. The van der Waals surface area contributed by atoms with Crippen molar-refractivity contribution in [2.45, 2.75) is 45.4 Å². The van der Waals surface area contributed by atoms with E-state index in [0.29, 0.717) is 23.7 Å². The highest BCUT2D eigenvalue weighted by Gasteiger charge is 2.18. The zero-order chi connectivity index (χ0) is 18.9. The van der Waals surface area contributed by atoms with E-state index in [2.05, 4.69) is 0 Å². The second-order valence-corrected chi connectivity index (χ2v) is 6.80. The Morgan fingerprint density at radius 3 is 2.54 bits per heavy atom. The van der Waals surface area contributed by atoms with Crippen LogP contribution in [0.3, 0.4) is 0 Å². The molecule has 0 aromatic heterocycles. The number of nitrogens with zero attached hydrogens (tertiary/aromatic N) is 1. The Morgan fingerprint density at radius 1 is 1.15 bits per heavy atom. The summed E-state index contributed by atoms with van der Waals surface area (Å²) in [4.78, 5) is 25.1. The number of hydrogen-bond acceptors (Lipinski definition) is 4. The predicted octanol–water partition coefficient (Wildman–Crippen LogP) is 3.59. The van der Waals surface area contributed by atoms with Crippen LogP contribution < -0.4 is 9.47 Å². The molecule has 1 aromatic carbocycles. The number of aliphatic carboxylic acids is 1. The van der Waals surface area contributed by atoms with E-state index in [1.54, 1.807) is 23.1 Å². The highest BCUT2D eigenvalue weighted by molar-refractivity contribution is 5.94. The van der Waals surface area contributed by atoms with Crippen LogP contribution in [0.2, 0.25) is 0 Å². The third-order valence-electron chi connectivity index (χ3n) is 4.79. The van der Waals surface area contributed by atoms with Crippen LogP contribution >= 0.6 is 0 Å². The Bertz CT molecular complexity index is 610. The van der Waals surface area contributed by atoms with Crippen LogP contribution in [0.15, 0.2) is 18.2 Å². The van der Waals surface area contributed by atoms with E-state index in [4.69, 9.17) is 14.6 Å². The van der Waals surface area contributed by atoms with E-state index in [1.165, 1.54) is 32.1 Å². The van der Waals surface area contributed by atoms with E-state index < -0.39 is 12.6 Å². The summed E-state index contributed by atoms with van der Waals surface area (Å²) in [6.45, 7) is 2.52. The van der Waals surface area contributed by atoms with Gasteiger partial charge in [0.25, 0.3) is 5.91 Å². The van der Waals surface area contributed by atoms with Gasteiger partial charge in [-0.2, -0.15) is 0 Å². The van der Waals surface area contributed by atoms with Crippen LogP contribution in [0.4, 0.5) is 0 Å². The van der Waals surface area contributed by atoms with Crippen LogP contribution in [0, 0.1) is 5.92 Å². The molecule has 0 bridgehead atoms. The summed E-state index contributed by atoms with van der Waals surface area (Å²) in [7, 11) is 1.82. The number of rotatable bonds is 9. The van der Waals surface area contributed by atoms with Crippen molar-refractivity contribution in [3.8, 4) is 11.5 Å². The van der Waals surface area contributed by atoms with Gasteiger partial charge in [-0.25, -0.2) is 4.79 Å². The average molecular weight is 363 g/mol. The normalized spacial score (nSPS) is 14.7. The van der Waals surface area contributed by atoms with Crippen LogP contribution in [-0.2, 0) is 4.79 Å². The van der Waals surface area contributed by atoms with Gasteiger partial charge in [0.1, 0.15) is 0 Å². The maximum absolute atomic E-state index is 12.7. The summed E-state index contributed by atoms with van der Waals surface area (Å²) in [5, 5.41) is 8.75. The molecule has 1 aliphatic rings. The van der Waals surface area contributed by atoms with Crippen LogP contribution in [0.1, 0.15) is 55.8 Å². The van der Waals surface area contributed by atoms with Crippen LogP contribution in [0.25, 0.3) is 0 Å². The molecule has 1 N–H and O–H groups in total. The van der Waals surface area contributed by atoms with Gasteiger partial charge >= 0.3 is 5.97 Å². The predicted molar refractivity (Wildman–Crippen MR) is 98.9 cm³/mol. The zero-order valence-corrected chi connectivity index (χ0v) is 15.7. The van der Waals surface area contributed by atoms with Crippen molar-refractivity contribution in [3.05, 3.63) is 23.8 Å². The van der Waals surface area contributed by atoms with Crippen molar-refractivity contribution < 1.29 is 24.2 Å². The van der Waals surface area contributed by atoms with Gasteiger partial charge in [0.05, 0.1) is 6.61 Å². The second kappa shape index (κ2) is 10.0. The molecule has 1 amide bonds. The monoisotopic (exact) mass is 363 g/mol. The second-order valence-electron chi connectivity index (χ2n) is 6.80. The standard InChI is InChI=1S/C20H29NO5/c1-3-25-18-13-16(9-10-17(18)26-14-19(22)23)20(24)21(2)12-11-15-7-5-4-6-8-15/h9-10,13,15H,3-8,11-12,14H2,1-2H3,(H,22,23). The summed E-state index contributed by atoms with van der Waals surface area (Å²) >= 11 is 0. The average Bonchev–Trinajstić information content (AvgIpc) is 2.65. The fourth-order valence-electron chi connectivity index (χ4n) is 3.34. The minimum Gasteiger partial charge on any atom is -0.490 e. The van der Waals surface area contributed by atoms with E-state index >= 15 is 0 Å². The number of benzene rings is 1. The molecular formula is C20H29NO5. The van der Waals surface area contributed by atoms with E-state index in [9.17, 15) is 9.59 Å². The molecule has 0 heterocycles. The van der Waals surface area contributed by atoms with Gasteiger partial charge in [0.15, 0.2) is 18.1 Å². The van der Waals surface area contributed by atoms with Crippen molar-refractivity contribution in [3.63, 3.8) is 0 Å². The fraction of sp³-hybridized carbons (Fsp3) is 0.600. The fourth-order valence-corrected chi connectivity index (χ4v) is 3.34. The first-order chi connectivity index (χ1) is 12.5. The van der Waals surface area contributed by atoms with Gasteiger partial charge in [-0.3, -0.25) is 4.79 Å². The number of carboxylic acid groups (broad SMARTS) is 1.